The summed E-state index contributed by atoms with van der Waals surface area (Å²) in [6.45, 7) is 4.00. The maximum atomic E-state index is 12.5. The van der Waals surface area contributed by atoms with Crippen LogP contribution in [-0.4, -0.2) is 15.9 Å². The van der Waals surface area contributed by atoms with E-state index >= 15 is 0 Å². The van der Waals surface area contributed by atoms with Crippen molar-refractivity contribution in [3.63, 3.8) is 0 Å². The number of rotatable bonds is 5. The zero-order valence-corrected chi connectivity index (χ0v) is 15.3. The lowest BCUT2D eigenvalue weighted by Crippen LogP contribution is -2.13. The van der Waals surface area contributed by atoms with Gasteiger partial charge in [0.25, 0.3) is 5.91 Å². The normalized spacial score (nSPS) is 10.5. The summed E-state index contributed by atoms with van der Waals surface area (Å²) >= 11 is 7.16. The van der Waals surface area contributed by atoms with Crippen molar-refractivity contribution in [2.45, 2.75) is 20.5 Å². The Labute approximate surface area is 154 Å². The van der Waals surface area contributed by atoms with Gasteiger partial charge in [-0.2, -0.15) is 0 Å². The van der Waals surface area contributed by atoms with Gasteiger partial charge >= 0.3 is 0 Å². The molecule has 2 heterocycles. The molecule has 2 aromatic heterocycles. The number of benzene rings is 1. The highest BCUT2D eigenvalue weighted by Crippen LogP contribution is 2.22. The number of amides is 1. The summed E-state index contributed by atoms with van der Waals surface area (Å²) in [5.74, 6) is 1.04. The summed E-state index contributed by atoms with van der Waals surface area (Å²) in [5, 5.41) is 4.21. The van der Waals surface area contributed by atoms with Crippen molar-refractivity contribution in [1.82, 2.24) is 9.97 Å². The lowest BCUT2D eigenvalue weighted by atomic mass is 10.3. The summed E-state index contributed by atoms with van der Waals surface area (Å²) in [6.07, 6.45) is 1.65. The number of carbonyl (C=O) groups excluding carboxylic acids is 1. The van der Waals surface area contributed by atoms with E-state index in [2.05, 4.69) is 15.3 Å². The number of carbonyl (C=O) groups is 1. The highest BCUT2D eigenvalue weighted by molar-refractivity contribution is 7.13. The van der Waals surface area contributed by atoms with Crippen molar-refractivity contribution in [3.05, 3.63) is 68.8 Å². The summed E-state index contributed by atoms with van der Waals surface area (Å²) in [4.78, 5) is 21.6. The molecule has 25 heavy (non-hydrogen) atoms. The highest BCUT2D eigenvalue weighted by atomic mass is 35.5. The van der Waals surface area contributed by atoms with Gasteiger partial charge in [0, 0.05) is 11.2 Å². The molecule has 7 heteroatoms. The van der Waals surface area contributed by atoms with Crippen LogP contribution in [0.25, 0.3) is 0 Å². The fourth-order valence-corrected chi connectivity index (χ4v) is 3.18. The summed E-state index contributed by atoms with van der Waals surface area (Å²) in [5.41, 5.74) is 1.58. The number of halogens is 1. The zero-order chi connectivity index (χ0) is 17.8. The minimum Gasteiger partial charge on any atom is -0.486 e. The first-order valence-corrected chi connectivity index (χ1v) is 8.80. The molecule has 1 amide bonds. The van der Waals surface area contributed by atoms with Crippen LogP contribution in [0.1, 0.15) is 25.9 Å². The van der Waals surface area contributed by atoms with Gasteiger partial charge in [-0.15, -0.1) is 11.3 Å². The van der Waals surface area contributed by atoms with Crippen LogP contribution < -0.4 is 10.1 Å². The van der Waals surface area contributed by atoms with Gasteiger partial charge in [-0.25, -0.2) is 9.97 Å². The maximum absolute atomic E-state index is 12.5. The van der Waals surface area contributed by atoms with Crippen molar-refractivity contribution in [3.8, 4) is 5.75 Å². The molecule has 0 aliphatic heterocycles. The molecule has 0 saturated heterocycles. The highest BCUT2D eigenvalue weighted by Gasteiger charge is 2.17. The van der Waals surface area contributed by atoms with E-state index in [1.54, 1.807) is 30.5 Å². The largest absolute Gasteiger partial charge is 0.486 e. The van der Waals surface area contributed by atoms with E-state index in [4.69, 9.17) is 16.3 Å². The number of pyridine rings is 1. The van der Waals surface area contributed by atoms with E-state index in [1.165, 1.54) is 11.3 Å². The van der Waals surface area contributed by atoms with E-state index in [9.17, 15) is 4.79 Å². The summed E-state index contributed by atoms with van der Waals surface area (Å²) in [7, 11) is 0. The standard InChI is InChI=1S/C18H16ClN3O2S/c1-11-4-3-9-20-17(11)22-18(23)16-12(2)21-15(25-16)10-24-14-7-5-13(19)6-8-14/h3-9H,10H2,1-2H3,(H,20,22,23). The van der Waals surface area contributed by atoms with E-state index < -0.39 is 0 Å². The van der Waals surface area contributed by atoms with Gasteiger partial charge in [-0.3, -0.25) is 4.79 Å². The van der Waals surface area contributed by atoms with Crippen LogP contribution in [0, 0.1) is 13.8 Å². The smallest absolute Gasteiger partial charge is 0.268 e. The number of nitrogens with one attached hydrogen (secondary N) is 1. The molecule has 1 aromatic carbocycles. The SMILES string of the molecule is Cc1cccnc1NC(=O)c1sc(COc2ccc(Cl)cc2)nc1C. The third-order valence-electron chi connectivity index (χ3n) is 3.46. The number of aryl methyl sites for hydroxylation is 2. The number of aromatic nitrogens is 2. The molecule has 0 saturated carbocycles. The second-order valence-electron chi connectivity index (χ2n) is 5.39. The molecule has 0 radical (unpaired) electrons. The number of thiazole rings is 1. The quantitative estimate of drug-likeness (QED) is 0.707. The Morgan fingerprint density at radius 1 is 1.24 bits per heavy atom. The van der Waals surface area contributed by atoms with Crippen LogP contribution in [-0.2, 0) is 6.61 Å². The number of ether oxygens (including phenoxy) is 1. The molecule has 0 atom stereocenters. The van der Waals surface area contributed by atoms with Crippen LogP contribution in [0.4, 0.5) is 5.82 Å². The molecule has 0 aliphatic carbocycles. The number of hydrogen-bond acceptors (Lipinski definition) is 5. The first kappa shape index (κ1) is 17.4. The Kier molecular flexibility index (Phi) is 5.31. The molecule has 3 aromatic rings. The van der Waals surface area contributed by atoms with Crippen molar-refractivity contribution in [2.75, 3.05) is 5.32 Å². The Hall–Kier alpha value is -2.44. The second kappa shape index (κ2) is 7.63. The first-order valence-electron chi connectivity index (χ1n) is 7.60. The lowest BCUT2D eigenvalue weighted by molar-refractivity contribution is 0.102. The third-order valence-corrected chi connectivity index (χ3v) is 4.85. The van der Waals surface area contributed by atoms with Crippen LogP contribution in [0.2, 0.25) is 5.02 Å². The third kappa shape index (κ3) is 4.35. The lowest BCUT2D eigenvalue weighted by Gasteiger charge is -2.05. The predicted octanol–water partition coefficient (Wildman–Crippen LogP) is 4.64. The van der Waals surface area contributed by atoms with Gasteiger partial charge in [-0.05, 0) is 49.7 Å². The van der Waals surface area contributed by atoms with Crippen LogP contribution in [0.15, 0.2) is 42.6 Å². The number of nitrogens with zero attached hydrogens (tertiary/aromatic N) is 2. The maximum Gasteiger partial charge on any atom is 0.268 e. The molecule has 1 N–H and O–H groups in total. The van der Waals surface area contributed by atoms with E-state index in [1.807, 2.05) is 26.0 Å². The zero-order valence-electron chi connectivity index (χ0n) is 13.7. The van der Waals surface area contributed by atoms with Crippen molar-refractivity contribution in [1.29, 1.82) is 0 Å². The molecule has 0 unspecified atom stereocenters. The van der Waals surface area contributed by atoms with E-state index in [0.717, 1.165) is 10.6 Å². The molecule has 0 bridgehead atoms. The Balaban J connectivity index is 1.68. The van der Waals surface area contributed by atoms with Crippen molar-refractivity contribution < 1.29 is 9.53 Å². The van der Waals surface area contributed by atoms with Crippen LogP contribution in [0.3, 0.4) is 0 Å². The Morgan fingerprint density at radius 2 is 2.00 bits per heavy atom. The molecule has 128 valence electrons. The van der Waals surface area contributed by atoms with Gasteiger partial charge < -0.3 is 10.1 Å². The van der Waals surface area contributed by atoms with Gasteiger partial charge in [0.2, 0.25) is 0 Å². The molecule has 0 spiro atoms. The Bertz CT molecular complexity index is 894. The number of anilines is 1. The molecule has 0 fully saturated rings. The van der Waals surface area contributed by atoms with Gasteiger partial charge in [-0.1, -0.05) is 17.7 Å². The molecule has 5 nitrogen and oxygen atoms in total. The van der Waals surface area contributed by atoms with E-state index in [-0.39, 0.29) is 5.91 Å². The van der Waals surface area contributed by atoms with E-state index in [0.29, 0.717) is 33.8 Å². The van der Waals surface area contributed by atoms with Gasteiger partial charge in [0.15, 0.2) is 0 Å². The summed E-state index contributed by atoms with van der Waals surface area (Å²) < 4.78 is 5.68. The molecular formula is C18H16ClN3O2S. The van der Waals surface area contributed by atoms with Gasteiger partial charge in [0.05, 0.1) is 5.69 Å². The monoisotopic (exact) mass is 373 g/mol. The average Bonchev–Trinajstić information content (AvgIpc) is 2.97. The minimum absolute atomic E-state index is 0.213. The molecule has 3 rings (SSSR count). The minimum atomic E-state index is -0.213. The first-order chi connectivity index (χ1) is 12.0. The average molecular weight is 374 g/mol. The Morgan fingerprint density at radius 3 is 2.72 bits per heavy atom. The molecule has 0 aliphatic rings. The fraction of sp³-hybridized carbons (Fsp3) is 0.167. The van der Waals surface area contributed by atoms with Crippen molar-refractivity contribution in [2.24, 2.45) is 0 Å². The fourth-order valence-electron chi connectivity index (χ4n) is 2.18. The number of hydrogen-bond donors (Lipinski definition) is 1. The topological polar surface area (TPSA) is 64.1 Å². The van der Waals surface area contributed by atoms with Crippen LogP contribution >= 0.6 is 22.9 Å². The second-order valence-corrected chi connectivity index (χ2v) is 6.91. The predicted molar refractivity (Wildman–Crippen MR) is 99.6 cm³/mol. The summed E-state index contributed by atoms with van der Waals surface area (Å²) in [6, 6.07) is 10.8. The van der Waals surface area contributed by atoms with Crippen molar-refractivity contribution >= 4 is 34.7 Å². The van der Waals surface area contributed by atoms with Gasteiger partial charge in [0.1, 0.15) is 28.1 Å². The van der Waals surface area contributed by atoms with Crippen LogP contribution in [0.5, 0.6) is 5.75 Å². The molecular weight excluding hydrogens is 358 g/mol.